The number of rotatable bonds is 5. The first-order valence-electron chi connectivity index (χ1n) is 27.3. The zero-order valence-corrected chi connectivity index (χ0v) is 44.5. The van der Waals surface area contributed by atoms with Crippen LogP contribution < -0.4 is 9.80 Å². The molecule has 2 aliphatic heterocycles. The number of hydrogen-bond donors (Lipinski definition) is 0. The summed E-state index contributed by atoms with van der Waals surface area (Å²) in [6.45, 7) is 14.3. The van der Waals surface area contributed by atoms with Crippen LogP contribution in [0.25, 0.3) is 76.8 Å². The van der Waals surface area contributed by atoms with Crippen LogP contribution in [0.1, 0.15) is 74.9 Å². The number of anilines is 6. The largest absolute Gasteiger partial charge is 0.310 e. The predicted octanol–water partition coefficient (Wildman–Crippen LogP) is 20.7. The summed E-state index contributed by atoms with van der Waals surface area (Å²) in [5.41, 5.74) is 24.5. The van der Waals surface area contributed by atoms with Gasteiger partial charge in [-0.25, -0.2) is 0 Å². The summed E-state index contributed by atoms with van der Waals surface area (Å²) >= 11 is 0. The lowest BCUT2D eigenvalue weighted by molar-refractivity contribution is 0.632. The second-order valence-electron chi connectivity index (χ2n) is 23.2. The molecule has 2 nitrogen and oxygen atoms in total. The lowest BCUT2D eigenvalue weighted by atomic mass is 9.73. The van der Waals surface area contributed by atoms with Crippen molar-refractivity contribution in [3.63, 3.8) is 0 Å². The van der Waals surface area contributed by atoms with E-state index in [2.05, 4.69) is 294 Å². The highest BCUT2D eigenvalue weighted by Gasteiger charge is 2.40. The molecule has 0 N–H and O–H groups in total. The molecule has 77 heavy (non-hydrogen) atoms. The summed E-state index contributed by atoms with van der Waals surface area (Å²) in [5.74, 6) is 0. The van der Waals surface area contributed by atoms with Gasteiger partial charge < -0.3 is 9.80 Å². The molecule has 0 amide bonds. The minimum Gasteiger partial charge on any atom is -0.310 e. The number of benzene rings is 12. The molecule has 3 aliphatic rings. The number of hydrogen-bond acceptors (Lipinski definition) is 2. The zero-order chi connectivity index (χ0) is 52.0. The summed E-state index contributed by atoms with van der Waals surface area (Å²) in [5, 5.41) is 7.29. The fourth-order valence-electron chi connectivity index (χ4n) is 14.1. The maximum atomic E-state index is 2.53. The van der Waals surface area contributed by atoms with E-state index in [0.29, 0.717) is 0 Å². The Morgan fingerprint density at radius 1 is 0.247 bits per heavy atom. The van der Waals surface area contributed by atoms with Crippen molar-refractivity contribution in [3.8, 4) is 44.5 Å². The van der Waals surface area contributed by atoms with E-state index in [9.17, 15) is 0 Å². The van der Waals surface area contributed by atoms with Crippen molar-refractivity contribution in [2.45, 2.75) is 57.8 Å². The average Bonchev–Trinajstić information content (AvgIpc) is 3.84. The van der Waals surface area contributed by atoms with Crippen molar-refractivity contribution in [1.29, 1.82) is 0 Å². The van der Waals surface area contributed by atoms with Crippen LogP contribution in [0.15, 0.2) is 243 Å². The summed E-state index contributed by atoms with van der Waals surface area (Å²) in [6, 6.07) is 91.9. The SMILES string of the molecule is CC1(C)c2ccccc2-c2ccc(-c3c4cc(N5c6ccccc6C(C)(C)c6ccccc65)ccc4c(-c4cc5ccccc5cc4-c4ccccc4)c4cc(N5c6ccccc6C(C)(C)c6ccccc65)ccc34)cc21. The fourth-order valence-corrected chi connectivity index (χ4v) is 14.1. The molecule has 0 spiro atoms. The van der Waals surface area contributed by atoms with Gasteiger partial charge in [-0.2, -0.15) is 0 Å². The summed E-state index contributed by atoms with van der Waals surface area (Å²) in [7, 11) is 0. The monoisotopic (exact) mass is 986 g/mol. The van der Waals surface area contributed by atoms with E-state index >= 15 is 0 Å². The van der Waals surface area contributed by atoms with E-state index in [1.165, 1.54) is 133 Å². The van der Waals surface area contributed by atoms with Crippen LogP contribution in [0.5, 0.6) is 0 Å². The van der Waals surface area contributed by atoms with Crippen LogP contribution in [0.3, 0.4) is 0 Å². The van der Waals surface area contributed by atoms with Crippen LogP contribution in [0, 0.1) is 0 Å². The molecular weight excluding hydrogens is 929 g/mol. The number of fused-ring (bicyclic) bond motifs is 10. The third-order valence-corrected chi connectivity index (χ3v) is 18.0. The topological polar surface area (TPSA) is 6.48 Å². The van der Waals surface area contributed by atoms with Crippen LogP contribution in [-0.2, 0) is 16.2 Å². The maximum absolute atomic E-state index is 2.53. The normalized spacial score (nSPS) is 15.1. The van der Waals surface area contributed by atoms with Gasteiger partial charge in [-0.3, -0.25) is 0 Å². The van der Waals surface area contributed by atoms with E-state index < -0.39 is 0 Å². The Morgan fingerprint density at radius 3 is 1.18 bits per heavy atom. The number of para-hydroxylation sites is 4. The first-order valence-corrected chi connectivity index (χ1v) is 27.3. The van der Waals surface area contributed by atoms with Crippen LogP contribution in [0.4, 0.5) is 34.1 Å². The Kier molecular flexibility index (Phi) is 9.74. The highest BCUT2D eigenvalue weighted by molar-refractivity contribution is 6.24. The van der Waals surface area contributed by atoms with E-state index in [0.717, 1.165) is 11.4 Å². The van der Waals surface area contributed by atoms with Gasteiger partial charge in [0, 0.05) is 27.6 Å². The Balaban J connectivity index is 1.10. The maximum Gasteiger partial charge on any atom is 0.0502 e. The van der Waals surface area contributed by atoms with E-state index in [1.807, 2.05) is 0 Å². The van der Waals surface area contributed by atoms with Gasteiger partial charge in [0.1, 0.15) is 0 Å². The van der Waals surface area contributed by atoms with Crippen molar-refractivity contribution in [2.75, 3.05) is 9.80 Å². The van der Waals surface area contributed by atoms with Gasteiger partial charge in [0.15, 0.2) is 0 Å². The Hall–Kier alpha value is -8.98. The predicted molar refractivity (Wildman–Crippen MR) is 326 cm³/mol. The molecule has 0 unspecified atom stereocenters. The standard InChI is InChI=1S/C75H58N2/c1-73(2)61-27-13-12-26-53(61)54-39-36-50(44-66(54)73)71-55-40-37-52(77-69-34-20-16-30-64(69)75(5,6)65-31-17-21-35-70(65)77)46-60(55)72(58-43-49-25-11-10-24-48(49)42-57(58)47-22-8-7-9-23-47)56-41-38-51(45-59(56)71)76-67-32-18-14-28-62(67)74(3,4)63-29-15-19-33-68(63)76/h7-46H,1-6H3. The Morgan fingerprint density at radius 2 is 0.649 bits per heavy atom. The van der Waals surface area contributed by atoms with Crippen molar-refractivity contribution in [3.05, 3.63) is 276 Å². The second-order valence-corrected chi connectivity index (χ2v) is 23.2. The van der Waals surface area contributed by atoms with E-state index in [1.54, 1.807) is 0 Å². The first kappa shape index (κ1) is 45.4. The molecule has 1 aliphatic carbocycles. The minimum absolute atomic E-state index is 0.182. The van der Waals surface area contributed by atoms with Crippen LogP contribution in [0.2, 0.25) is 0 Å². The molecule has 2 heterocycles. The summed E-state index contributed by atoms with van der Waals surface area (Å²) in [6.07, 6.45) is 0. The minimum atomic E-state index is -0.186. The van der Waals surface area contributed by atoms with Gasteiger partial charge in [-0.15, -0.1) is 0 Å². The van der Waals surface area contributed by atoms with Gasteiger partial charge in [0.2, 0.25) is 0 Å². The molecule has 0 atom stereocenters. The van der Waals surface area contributed by atoms with Crippen LogP contribution >= 0.6 is 0 Å². The molecule has 0 saturated heterocycles. The molecule has 0 fully saturated rings. The second kappa shape index (κ2) is 16.5. The van der Waals surface area contributed by atoms with Crippen molar-refractivity contribution in [1.82, 2.24) is 0 Å². The van der Waals surface area contributed by atoms with Gasteiger partial charge in [0.05, 0.1) is 22.7 Å². The highest BCUT2D eigenvalue weighted by Crippen LogP contribution is 2.57. The van der Waals surface area contributed by atoms with E-state index in [-0.39, 0.29) is 16.2 Å². The molecule has 0 saturated carbocycles. The zero-order valence-electron chi connectivity index (χ0n) is 44.5. The molecule has 0 radical (unpaired) electrons. The smallest absolute Gasteiger partial charge is 0.0502 e. The summed E-state index contributed by atoms with van der Waals surface area (Å²) < 4.78 is 0. The molecule has 0 bridgehead atoms. The van der Waals surface area contributed by atoms with Gasteiger partial charge in [-0.1, -0.05) is 217 Å². The third kappa shape index (κ3) is 6.55. The molecule has 12 aromatic rings. The van der Waals surface area contributed by atoms with Crippen molar-refractivity contribution >= 4 is 66.4 Å². The lowest BCUT2D eigenvalue weighted by Crippen LogP contribution is -2.30. The summed E-state index contributed by atoms with van der Waals surface area (Å²) in [4.78, 5) is 5.04. The average molecular weight is 987 g/mol. The van der Waals surface area contributed by atoms with Gasteiger partial charge in [-0.05, 0) is 177 Å². The molecule has 2 heteroatoms. The van der Waals surface area contributed by atoms with Crippen molar-refractivity contribution in [2.24, 2.45) is 0 Å². The third-order valence-electron chi connectivity index (χ3n) is 18.0. The van der Waals surface area contributed by atoms with Crippen LogP contribution in [-0.4, -0.2) is 0 Å². The Labute approximate surface area is 452 Å². The number of nitrogens with zero attached hydrogens (tertiary/aromatic N) is 2. The Bertz CT molecular complexity index is 4340. The van der Waals surface area contributed by atoms with Gasteiger partial charge >= 0.3 is 0 Å². The first-order chi connectivity index (χ1) is 37.5. The van der Waals surface area contributed by atoms with E-state index in [4.69, 9.17) is 0 Å². The molecular formula is C75H58N2. The molecule has 12 aromatic carbocycles. The fraction of sp³-hybridized carbons (Fsp3) is 0.120. The molecule has 15 rings (SSSR count). The van der Waals surface area contributed by atoms with Gasteiger partial charge in [0.25, 0.3) is 0 Å². The lowest BCUT2D eigenvalue weighted by Gasteiger charge is -2.42. The highest BCUT2D eigenvalue weighted by atomic mass is 15.2. The molecule has 0 aromatic heterocycles. The van der Waals surface area contributed by atoms with Crippen molar-refractivity contribution < 1.29 is 0 Å². The quantitative estimate of drug-likeness (QED) is 0.159. The molecule has 368 valence electrons.